The zero-order valence-electron chi connectivity index (χ0n) is 13.2. The summed E-state index contributed by atoms with van der Waals surface area (Å²) in [5.74, 6) is 0. The number of nitrogens with one attached hydrogen (secondary N) is 1. The number of carbonyl (C=O) groups is 1. The maximum atomic E-state index is 12.8. The van der Waals surface area contributed by atoms with Gasteiger partial charge in [0.25, 0.3) is 0 Å². The number of urea groups is 1. The van der Waals surface area contributed by atoms with Gasteiger partial charge in [0.15, 0.2) is 0 Å². The number of para-hydroxylation sites is 1. The molecule has 1 atom stereocenters. The van der Waals surface area contributed by atoms with E-state index in [1.54, 1.807) is 17.4 Å². The van der Waals surface area contributed by atoms with Gasteiger partial charge in [0.1, 0.15) is 0 Å². The predicted molar refractivity (Wildman–Crippen MR) is 97.4 cm³/mol. The molecule has 3 nitrogen and oxygen atoms in total. The van der Waals surface area contributed by atoms with Crippen LogP contribution in [0.3, 0.4) is 0 Å². The third-order valence-electron chi connectivity index (χ3n) is 4.22. The van der Waals surface area contributed by atoms with Gasteiger partial charge in [-0.15, -0.1) is 11.3 Å². The molecule has 0 bridgehead atoms. The molecule has 1 N–H and O–H groups in total. The van der Waals surface area contributed by atoms with Crippen molar-refractivity contribution < 1.29 is 4.79 Å². The van der Waals surface area contributed by atoms with Crippen LogP contribution in [-0.2, 0) is 0 Å². The Hall–Kier alpha value is -1.52. The number of nitrogens with zero attached hydrogens (tertiary/aromatic N) is 1. The Bertz CT molecular complexity index is 685. The Morgan fingerprint density at radius 1 is 1.22 bits per heavy atom. The molecule has 23 heavy (non-hydrogen) atoms. The molecular formula is C18H21ClN2OS. The second kappa shape index (κ2) is 7.37. The number of aryl methyl sites for hydroxylation is 1. The first-order valence-corrected chi connectivity index (χ1v) is 9.23. The minimum Gasteiger partial charge on any atom is -0.317 e. The van der Waals surface area contributed by atoms with E-state index in [4.69, 9.17) is 11.6 Å². The molecule has 2 aromatic rings. The van der Waals surface area contributed by atoms with E-state index in [0.717, 1.165) is 25.8 Å². The maximum absolute atomic E-state index is 12.8. The topological polar surface area (TPSA) is 32.3 Å². The zero-order valence-corrected chi connectivity index (χ0v) is 14.8. The molecular weight excluding hydrogens is 328 g/mol. The van der Waals surface area contributed by atoms with Crippen LogP contribution in [0.15, 0.2) is 36.4 Å². The molecule has 0 saturated carbocycles. The van der Waals surface area contributed by atoms with Crippen molar-refractivity contribution >= 4 is 34.7 Å². The molecule has 1 aromatic carbocycles. The van der Waals surface area contributed by atoms with Gasteiger partial charge in [0, 0.05) is 16.3 Å². The third-order valence-corrected chi connectivity index (χ3v) is 5.65. The molecule has 2 heterocycles. The van der Waals surface area contributed by atoms with Gasteiger partial charge in [0.05, 0.1) is 16.8 Å². The molecule has 1 fully saturated rings. The van der Waals surface area contributed by atoms with Crippen LogP contribution in [0.4, 0.5) is 10.5 Å². The molecule has 1 saturated heterocycles. The number of carbonyl (C=O) groups excluding carboxylic acids is 1. The maximum Gasteiger partial charge on any atom is 0.322 e. The molecule has 3 rings (SSSR count). The van der Waals surface area contributed by atoms with Gasteiger partial charge in [-0.2, -0.15) is 0 Å². The van der Waals surface area contributed by atoms with Crippen LogP contribution >= 0.6 is 22.9 Å². The highest BCUT2D eigenvalue weighted by Crippen LogP contribution is 2.35. The number of hydrogen-bond donors (Lipinski definition) is 1. The summed E-state index contributed by atoms with van der Waals surface area (Å²) in [7, 11) is 0. The van der Waals surface area contributed by atoms with E-state index in [2.05, 4.69) is 24.4 Å². The molecule has 5 heteroatoms. The Labute approximate surface area is 146 Å². The Morgan fingerprint density at radius 2 is 2.04 bits per heavy atom. The van der Waals surface area contributed by atoms with Crippen LogP contribution in [0.1, 0.15) is 41.5 Å². The monoisotopic (exact) mass is 348 g/mol. The smallest absolute Gasteiger partial charge is 0.317 e. The van der Waals surface area contributed by atoms with E-state index in [0.29, 0.717) is 10.7 Å². The number of amides is 2. The summed E-state index contributed by atoms with van der Waals surface area (Å²) in [5.41, 5.74) is 0.671. The standard InChI is InChI=1S/C18H21ClN2OS/c1-13-10-11-17(23-13)16-9-3-2-6-12-21(16)18(22)20-15-8-5-4-7-14(15)19/h4-5,7-8,10-11,16H,2-3,6,9,12H2,1H3,(H,20,22). The van der Waals surface area contributed by atoms with Gasteiger partial charge >= 0.3 is 6.03 Å². The summed E-state index contributed by atoms with van der Waals surface area (Å²) in [6.45, 7) is 2.90. The summed E-state index contributed by atoms with van der Waals surface area (Å²) in [5, 5.41) is 3.54. The predicted octanol–water partition coefficient (Wildman–Crippen LogP) is 5.86. The van der Waals surface area contributed by atoms with E-state index in [1.807, 2.05) is 23.1 Å². The summed E-state index contributed by atoms with van der Waals surface area (Å²) in [4.78, 5) is 17.4. The van der Waals surface area contributed by atoms with Crippen LogP contribution in [0, 0.1) is 6.92 Å². The fourth-order valence-electron chi connectivity index (χ4n) is 3.03. The number of thiophene rings is 1. The number of rotatable bonds is 2. The quantitative estimate of drug-likeness (QED) is 0.724. The molecule has 1 aliphatic heterocycles. The fraction of sp³-hybridized carbons (Fsp3) is 0.389. The van der Waals surface area contributed by atoms with Crippen LogP contribution in [0.25, 0.3) is 0 Å². The highest BCUT2D eigenvalue weighted by Gasteiger charge is 2.28. The molecule has 0 aliphatic carbocycles. The first-order chi connectivity index (χ1) is 11.1. The molecule has 1 aliphatic rings. The molecule has 0 radical (unpaired) electrons. The number of anilines is 1. The van der Waals surface area contributed by atoms with Crippen molar-refractivity contribution in [2.24, 2.45) is 0 Å². The number of likely N-dealkylation sites (tertiary alicyclic amines) is 1. The second-order valence-electron chi connectivity index (χ2n) is 5.92. The third kappa shape index (κ3) is 3.88. The lowest BCUT2D eigenvalue weighted by Gasteiger charge is -2.29. The van der Waals surface area contributed by atoms with Gasteiger partial charge in [-0.3, -0.25) is 0 Å². The Morgan fingerprint density at radius 3 is 2.78 bits per heavy atom. The summed E-state index contributed by atoms with van der Waals surface area (Å²) in [6, 6.07) is 11.8. The minimum atomic E-state index is -0.0592. The molecule has 1 unspecified atom stereocenters. The zero-order chi connectivity index (χ0) is 16.2. The Balaban J connectivity index is 1.81. The van der Waals surface area contributed by atoms with Crippen molar-refractivity contribution in [1.82, 2.24) is 4.90 Å². The SMILES string of the molecule is Cc1ccc(C2CCCCCN2C(=O)Nc2ccccc2Cl)s1. The van der Waals surface area contributed by atoms with Crippen molar-refractivity contribution in [1.29, 1.82) is 0 Å². The van der Waals surface area contributed by atoms with Crippen molar-refractivity contribution in [3.05, 3.63) is 51.2 Å². The van der Waals surface area contributed by atoms with Crippen LogP contribution in [0.5, 0.6) is 0 Å². The highest BCUT2D eigenvalue weighted by atomic mass is 35.5. The first kappa shape index (κ1) is 16.3. The normalized spacial score (nSPS) is 18.5. The lowest BCUT2D eigenvalue weighted by Crippen LogP contribution is -2.37. The summed E-state index contributed by atoms with van der Waals surface area (Å²) < 4.78 is 0. The molecule has 2 amide bonds. The number of hydrogen-bond acceptors (Lipinski definition) is 2. The van der Waals surface area contributed by atoms with Crippen molar-refractivity contribution in [2.75, 3.05) is 11.9 Å². The van der Waals surface area contributed by atoms with Gasteiger partial charge in [0.2, 0.25) is 0 Å². The average molecular weight is 349 g/mol. The van der Waals surface area contributed by atoms with E-state index in [-0.39, 0.29) is 12.1 Å². The number of benzene rings is 1. The van der Waals surface area contributed by atoms with E-state index < -0.39 is 0 Å². The molecule has 1 aromatic heterocycles. The van der Waals surface area contributed by atoms with E-state index in [1.165, 1.54) is 16.2 Å². The molecule has 122 valence electrons. The van der Waals surface area contributed by atoms with Gasteiger partial charge < -0.3 is 10.2 Å². The van der Waals surface area contributed by atoms with Gasteiger partial charge in [-0.1, -0.05) is 36.6 Å². The largest absolute Gasteiger partial charge is 0.322 e. The van der Waals surface area contributed by atoms with Crippen LogP contribution < -0.4 is 5.32 Å². The number of halogens is 1. The first-order valence-electron chi connectivity index (χ1n) is 8.03. The summed E-state index contributed by atoms with van der Waals surface area (Å²) >= 11 is 7.95. The van der Waals surface area contributed by atoms with Crippen molar-refractivity contribution in [2.45, 2.75) is 38.6 Å². The van der Waals surface area contributed by atoms with Gasteiger partial charge in [-0.05, 0) is 44.0 Å². The minimum absolute atomic E-state index is 0.0592. The van der Waals surface area contributed by atoms with Crippen molar-refractivity contribution in [3.63, 3.8) is 0 Å². The fourth-order valence-corrected chi connectivity index (χ4v) is 4.24. The second-order valence-corrected chi connectivity index (χ2v) is 7.64. The van der Waals surface area contributed by atoms with Crippen LogP contribution in [0.2, 0.25) is 5.02 Å². The van der Waals surface area contributed by atoms with Crippen LogP contribution in [-0.4, -0.2) is 17.5 Å². The highest BCUT2D eigenvalue weighted by molar-refractivity contribution is 7.12. The lowest BCUT2D eigenvalue weighted by atomic mass is 10.1. The Kier molecular flexibility index (Phi) is 5.23. The van der Waals surface area contributed by atoms with E-state index in [9.17, 15) is 4.79 Å². The molecule has 0 spiro atoms. The lowest BCUT2D eigenvalue weighted by molar-refractivity contribution is 0.190. The average Bonchev–Trinajstić information content (AvgIpc) is 2.82. The summed E-state index contributed by atoms with van der Waals surface area (Å²) in [6.07, 6.45) is 4.42. The van der Waals surface area contributed by atoms with Gasteiger partial charge in [-0.25, -0.2) is 4.79 Å². The van der Waals surface area contributed by atoms with Crippen molar-refractivity contribution in [3.8, 4) is 0 Å². The van der Waals surface area contributed by atoms with E-state index >= 15 is 0 Å².